The fraction of sp³-hybridized carbons (Fsp3) is 0.538. The number of rotatable bonds is 32. The van der Waals surface area contributed by atoms with Crippen LogP contribution in [0.1, 0.15) is 179 Å². The van der Waals surface area contributed by atoms with Gasteiger partial charge in [-0.25, -0.2) is 8.42 Å². The summed E-state index contributed by atoms with van der Waals surface area (Å²) < 4.78 is 75.6. The van der Waals surface area contributed by atoms with Crippen molar-refractivity contribution in [3.63, 3.8) is 0 Å². The second-order valence-electron chi connectivity index (χ2n) is 16.9. The van der Waals surface area contributed by atoms with Gasteiger partial charge in [-0.1, -0.05) is 185 Å². The summed E-state index contributed by atoms with van der Waals surface area (Å²) in [7, 11) is -9.23. The molecule has 0 saturated heterocycles. The van der Waals surface area contributed by atoms with E-state index in [0.29, 0.717) is 17.2 Å². The molecule has 0 heterocycles. The van der Waals surface area contributed by atoms with Gasteiger partial charge >= 0.3 is 37.7 Å². The van der Waals surface area contributed by atoms with E-state index in [1.807, 2.05) is 48.5 Å². The fourth-order valence-electron chi connectivity index (χ4n) is 7.60. The molecule has 4 rings (SSSR count). The van der Waals surface area contributed by atoms with E-state index in [1.165, 1.54) is 183 Å². The predicted octanol–water partition coefficient (Wildman–Crippen LogP) is 14.0. The van der Waals surface area contributed by atoms with E-state index in [9.17, 15) is 31.6 Å². The number of benzene rings is 4. The second-order valence-corrected chi connectivity index (χ2v) is 19.7. The minimum atomic E-state index is -4.77. The van der Waals surface area contributed by atoms with Crippen molar-refractivity contribution in [1.29, 1.82) is 0 Å². The first-order chi connectivity index (χ1) is 30.8. The Morgan fingerprint density at radius 3 is 1.06 bits per heavy atom. The Hall–Kier alpha value is -2.84. The molecule has 0 fully saturated rings. The molecule has 4 aromatic carbocycles. The minimum Gasteiger partial charge on any atom is -0.872 e. The second kappa shape index (κ2) is 33.6. The van der Waals surface area contributed by atoms with E-state index >= 15 is 0 Å². The van der Waals surface area contributed by atoms with E-state index in [0.717, 1.165) is 31.0 Å². The molecule has 13 heteroatoms. The van der Waals surface area contributed by atoms with E-state index in [1.54, 1.807) is 0 Å². The predicted molar refractivity (Wildman–Crippen MR) is 260 cm³/mol. The van der Waals surface area contributed by atoms with Crippen molar-refractivity contribution < 1.29 is 45.6 Å². The fourth-order valence-corrected chi connectivity index (χ4v) is 8.70. The number of hydrogen-bond acceptors (Lipinski definition) is 9. The van der Waals surface area contributed by atoms with Gasteiger partial charge in [-0.05, 0) is 91.4 Å². The summed E-state index contributed by atoms with van der Waals surface area (Å²) in [5.41, 5.74) is 2.50. The van der Waals surface area contributed by atoms with Crippen LogP contribution >= 0.6 is 0 Å². The first-order valence-corrected chi connectivity index (χ1v) is 26.8. The van der Waals surface area contributed by atoms with E-state index < -0.39 is 41.5 Å². The van der Waals surface area contributed by atoms with Crippen molar-refractivity contribution in [3.05, 3.63) is 96.1 Å². The average molecular weight is 963 g/mol. The number of aromatic hydroxyl groups is 1. The third kappa shape index (κ3) is 25.8. The SMILES string of the molecule is CCCCCCCCCCCCCCc1ccc(Oc2ccc(S(=O)(=O)O)c(O)c2)cc1.CCCCCCCCCCCCCCc1ccc(Oc2ccc(S(=O)(=O)[O-])c([O-])c2)cc1.[Ca+2]. The van der Waals surface area contributed by atoms with Crippen LogP contribution in [0.4, 0.5) is 0 Å². The molecule has 0 atom stereocenters. The molecule has 0 aliphatic carbocycles. The molecule has 4 aromatic rings. The van der Waals surface area contributed by atoms with Crippen molar-refractivity contribution in [2.45, 2.75) is 191 Å². The maximum atomic E-state index is 11.8. The summed E-state index contributed by atoms with van der Waals surface area (Å²) in [4.78, 5) is -1.30. The summed E-state index contributed by atoms with van der Waals surface area (Å²) >= 11 is 0. The van der Waals surface area contributed by atoms with Gasteiger partial charge in [0.2, 0.25) is 0 Å². The number of aryl methyl sites for hydroxylation is 2. The summed E-state index contributed by atoms with van der Waals surface area (Å²) in [6.07, 6.45) is 34.2. The molecule has 0 aliphatic heterocycles. The molecule has 2 N–H and O–H groups in total. The van der Waals surface area contributed by atoms with Crippen LogP contribution in [0.5, 0.6) is 34.5 Å². The maximum absolute atomic E-state index is 11.8. The Kier molecular flexibility index (Phi) is 30.1. The topological polar surface area (TPSA) is 173 Å². The van der Waals surface area contributed by atoms with Gasteiger partial charge in [-0.15, -0.1) is 0 Å². The Morgan fingerprint density at radius 1 is 0.446 bits per heavy atom. The maximum Gasteiger partial charge on any atom is 2.00 e. The Bertz CT molecular complexity index is 1940. The summed E-state index contributed by atoms with van der Waals surface area (Å²) in [5.74, 6) is 0.248. The summed E-state index contributed by atoms with van der Waals surface area (Å²) in [6, 6.07) is 22.4. The third-order valence-electron chi connectivity index (χ3n) is 11.3. The Morgan fingerprint density at radius 2 is 0.754 bits per heavy atom. The molecule has 0 bridgehead atoms. The third-order valence-corrected chi connectivity index (χ3v) is 13.1. The van der Waals surface area contributed by atoms with Crippen LogP contribution in [0, 0.1) is 0 Å². The molecule has 0 aromatic heterocycles. The molecule has 0 radical (unpaired) electrons. The van der Waals surface area contributed by atoms with Crippen molar-refractivity contribution in [1.82, 2.24) is 0 Å². The van der Waals surface area contributed by atoms with Crippen LogP contribution < -0.4 is 14.6 Å². The van der Waals surface area contributed by atoms with Crippen LogP contribution in [0.15, 0.2) is 94.7 Å². The van der Waals surface area contributed by atoms with Crippen LogP contribution in [0.25, 0.3) is 0 Å². The largest absolute Gasteiger partial charge is 2.00 e. The van der Waals surface area contributed by atoms with Gasteiger partial charge in [-0.2, -0.15) is 8.42 Å². The molecule has 0 amide bonds. The molecule has 65 heavy (non-hydrogen) atoms. The van der Waals surface area contributed by atoms with Gasteiger partial charge in [0.05, 0.1) is 0 Å². The van der Waals surface area contributed by atoms with Crippen molar-refractivity contribution in [3.8, 4) is 34.5 Å². The molecule has 10 nitrogen and oxygen atoms in total. The van der Waals surface area contributed by atoms with Crippen molar-refractivity contribution >= 4 is 58.0 Å². The zero-order valence-electron chi connectivity index (χ0n) is 39.2. The standard InChI is InChI=1S/2C26H38O5S.Ca/c2*1-2-3-4-5-6-7-8-9-10-11-12-13-14-22-15-17-23(18-16-22)31-24-19-20-26(25(27)21-24)32(28,29)30;/h2*15-21,27H,2-14H2,1H3,(H,28,29,30);/q;;+2/p-2. The van der Waals surface area contributed by atoms with Crippen LogP contribution in [-0.4, -0.2) is 68.8 Å². The molecular formula is C52H74CaO10S2. The number of ether oxygens (including phenoxy) is 2. The molecule has 0 aliphatic rings. The zero-order valence-corrected chi connectivity index (χ0v) is 43.0. The monoisotopic (exact) mass is 962 g/mol. The molecular weight excluding hydrogens is 889 g/mol. The zero-order chi connectivity index (χ0) is 46.5. The Labute approximate surface area is 421 Å². The first-order valence-electron chi connectivity index (χ1n) is 23.9. The normalized spacial score (nSPS) is 11.4. The molecule has 356 valence electrons. The van der Waals surface area contributed by atoms with Gasteiger partial charge < -0.3 is 24.2 Å². The number of phenolic OH excluding ortho intramolecular Hbond substituents is 1. The van der Waals surface area contributed by atoms with E-state index in [2.05, 4.69) is 13.8 Å². The van der Waals surface area contributed by atoms with Gasteiger partial charge in [0, 0.05) is 11.0 Å². The van der Waals surface area contributed by atoms with E-state index in [-0.39, 0.29) is 43.5 Å². The molecule has 0 saturated carbocycles. The molecule has 0 unspecified atom stereocenters. The smallest absolute Gasteiger partial charge is 0.872 e. The van der Waals surface area contributed by atoms with Crippen molar-refractivity contribution in [2.75, 3.05) is 0 Å². The summed E-state index contributed by atoms with van der Waals surface area (Å²) in [6.45, 7) is 4.52. The average Bonchev–Trinajstić information content (AvgIpc) is 3.25. The number of unbranched alkanes of at least 4 members (excludes halogenated alkanes) is 22. The first kappa shape index (κ1) is 58.3. The summed E-state index contributed by atoms with van der Waals surface area (Å²) in [5, 5.41) is 21.5. The van der Waals surface area contributed by atoms with Gasteiger partial charge in [0.1, 0.15) is 43.8 Å². The van der Waals surface area contributed by atoms with Crippen LogP contribution in [-0.2, 0) is 33.1 Å². The van der Waals surface area contributed by atoms with Gasteiger partial charge in [-0.3, -0.25) is 4.55 Å². The van der Waals surface area contributed by atoms with Gasteiger partial charge in [0.15, 0.2) is 0 Å². The quantitative estimate of drug-likeness (QED) is 0.0272. The Balaban J connectivity index is 0.000000440. The van der Waals surface area contributed by atoms with Crippen molar-refractivity contribution in [2.24, 2.45) is 0 Å². The van der Waals surface area contributed by atoms with Crippen LogP contribution in [0.2, 0.25) is 0 Å². The number of hydrogen-bond donors (Lipinski definition) is 2. The van der Waals surface area contributed by atoms with Gasteiger partial charge in [0.25, 0.3) is 10.1 Å². The minimum absolute atomic E-state index is 0. The van der Waals surface area contributed by atoms with E-state index in [4.69, 9.17) is 14.0 Å². The molecule has 0 spiro atoms. The van der Waals surface area contributed by atoms with Crippen LogP contribution in [0.3, 0.4) is 0 Å². The number of phenols is 1.